The van der Waals surface area contributed by atoms with Crippen molar-refractivity contribution in [3.8, 4) is 0 Å². The molecular weight excluding hydrogens is 199 g/mol. The largest absolute Gasteiger partial charge is 0.250 e. The first-order chi connectivity index (χ1) is 7.40. The van der Waals surface area contributed by atoms with E-state index >= 15 is 0 Å². The normalized spacial score (nSPS) is 13.9. The summed E-state index contributed by atoms with van der Waals surface area (Å²) in [4.78, 5) is 0. The third-order valence-electron chi connectivity index (χ3n) is 3.12. The van der Waals surface area contributed by atoms with Gasteiger partial charge in [0.2, 0.25) is 0 Å². The zero-order valence-corrected chi connectivity index (χ0v) is 11.1. The molecule has 0 spiro atoms. The van der Waals surface area contributed by atoms with Crippen LogP contribution in [0.2, 0.25) is 0 Å². The summed E-state index contributed by atoms with van der Waals surface area (Å²) >= 11 is 0. The van der Waals surface area contributed by atoms with Crippen molar-refractivity contribution in [1.29, 1.82) is 0 Å². The van der Waals surface area contributed by atoms with Crippen molar-refractivity contribution >= 4 is 0 Å². The summed E-state index contributed by atoms with van der Waals surface area (Å²) in [5.74, 6) is 0.0133. The van der Waals surface area contributed by atoms with Crippen molar-refractivity contribution in [2.75, 3.05) is 6.67 Å². The van der Waals surface area contributed by atoms with Gasteiger partial charge in [-0.1, -0.05) is 52.8 Å². The molecule has 1 aromatic rings. The highest BCUT2D eigenvalue weighted by Gasteiger charge is 2.18. The lowest BCUT2D eigenvalue weighted by molar-refractivity contribution is 0.447. The van der Waals surface area contributed by atoms with Crippen LogP contribution in [0.25, 0.3) is 0 Å². The van der Waals surface area contributed by atoms with E-state index in [1.54, 1.807) is 0 Å². The van der Waals surface area contributed by atoms with Crippen molar-refractivity contribution in [2.24, 2.45) is 0 Å². The Hall–Kier alpha value is -0.850. The Bertz CT molecular complexity index is 347. The van der Waals surface area contributed by atoms with Gasteiger partial charge in [0.25, 0.3) is 0 Å². The number of aryl methyl sites for hydroxylation is 1. The molecule has 0 amide bonds. The second-order valence-corrected chi connectivity index (χ2v) is 5.58. The van der Waals surface area contributed by atoms with Crippen LogP contribution in [0.4, 0.5) is 4.39 Å². The van der Waals surface area contributed by atoms with E-state index in [-0.39, 0.29) is 18.0 Å². The number of benzene rings is 1. The standard InChI is InChI=1S/C15H23F/c1-6-12-9-13(11(2)10-16)7-8-14(12)15(3,4)5/h7-9,11H,6,10H2,1-5H3. The fourth-order valence-corrected chi connectivity index (χ4v) is 2.03. The molecule has 0 aliphatic heterocycles. The Balaban J connectivity index is 3.17. The van der Waals surface area contributed by atoms with Crippen LogP contribution in [0.1, 0.15) is 57.2 Å². The third kappa shape index (κ3) is 2.84. The molecule has 0 heterocycles. The minimum Gasteiger partial charge on any atom is -0.250 e. The van der Waals surface area contributed by atoms with E-state index < -0.39 is 0 Å². The molecule has 1 aromatic carbocycles. The maximum Gasteiger partial charge on any atom is 0.0960 e. The molecule has 0 nitrogen and oxygen atoms in total. The summed E-state index contributed by atoms with van der Waals surface area (Å²) in [7, 11) is 0. The lowest BCUT2D eigenvalue weighted by Crippen LogP contribution is -2.14. The first-order valence-corrected chi connectivity index (χ1v) is 6.09. The second-order valence-electron chi connectivity index (χ2n) is 5.58. The van der Waals surface area contributed by atoms with Crippen LogP contribution >= 0.6 is 0 Å². The predicted molar refractivity (Wildman–Crippen MR) is 68.9 cm³/mol. The number of alkyl halides is 1. The van der Waals surface area contributed by atoms with Gasteiger partial charge >= 0.3 is 0 Å². The van der Waals surface area contributed by atoms with Crippen LogP contribution in [0, 0.1) is 0 Å². The van der Waals surface area contributed by atoms with Crippen molar-refractivity contribution in [3.05, 3.63) is 34.9 Å². The predicted octanol–water partition coefficient (Wildman–Crippen LogP) is 4.62. The first-order valence-electron chi connectivity index (χ1n) is 6.09. The van der Waals surface area contributed by atoms with Crippen LogP contribution in [0.15, 0.2) is 18.2 Å². The smallest absolute Gasteiger partial charge is 0.0960 e. The summed E-state index contributed by atoms with van der Waals surface area (Å²) < 4.78 is 12.6. The van der Waals surface area contributed by atoms with Crippen LogP contribution in [-0.4, -0.2) is 6.67 Å². The molecule has 16 heavy (non-hydrogen) atoms. The van der Waals surface area contributed by atoms with E-state index in [0.29, 0.717) is 0 Å². The van der Waals surface area contributed by atoms with Gasteiger partial charge in [-0.2, -0.15) is 0 Å². The zero-order chi connectivity index (χ0) is 12.3. The molecule has 0 bridgehead atoms. The highest BCUT2D eigenvalue weighted by atomic mass is 19.1. The molecule has 1 heteroatoms. The van der Waals surface area contributed by atoms with Gasteiger partial charge in [0.15, 0.2) is 0 Å². The molecule has 90 valence electrons. The molecule has 1 rings (SSSR count). The van der Waals surface area contributed by atoms with E-state index in [9.17, 15) is 4.39 Å². The van der Waals surface area contributed by atoms with Gasteiger partial charge in [0, 0.05) is 5.92 Å². The van der Waals surface area contributed by atoms with E-state index in [4.69, 9.17) is 0 Å². The maximum atomic E-state index is 12.6. The third-order valence-corrected chi connectivity index (χ3v) is 3.12. The fourth-order valence-electron chi connectivity index (χ4n) is 2.03. The number of hydrogen-bond acceptors (Lipinski definition) is 0. The summed E-state index contributed by atoms with van der Waals surface area (Å²) in [5.41, 5.74) is 4.02. The lowest BCUT2D eigenvalue weighted by atomic mass is 9.81. The highest BCUT2D eigenvalue weighted by molar-refractivity contribution is 5.37. The zero-order valence-electron chi connectivity index (χ0n) is 11.1. The monoisotopic (exact) mass is 222 g/mol. The number of rotatable bonds is 3. The molecule has 0 radical (unpaired) electrons. The Morgan fingerprint density at radius 3 is 2.31 bits per heavy atom. The van der Waals surface area contributed by atoms with Crippen LogP contribution in [0.3, 0.4) is 0 Å². The van der Waals surface area contributed by atoms with Gasteiger partial charge in [0.1, 0.15) is 0 Å². The van der Waals surface area contributed by atoms with Gasteiger partial charge in [-0.3, -0.25) is 4.39 Å². The molecular formula is C15H23F. The van der Waals surface area contributed by atoms with Crippen LogP contribution in [0.5, 0.6) is 0 Å². The maximum absolute atomic E-state index is 12.6. The Labute approximate surface area is 98.9 Å². The van der Waals surface area contributed by atoms with Crippen molar-refractivity contribution in [3.63, 3.8) is 0 Å². The summed E-state index contributed by atoms with van der Waals surface area (Å²) in [6, 6.07) is 6.41. The van der Waals surface area contributed by atoms with Gasteiger partial charge in [-0.15, -0.1) is 0 Å². The molecule has 0 N–H and O–H groups in total. The highest BCUT2D eigenvalue weighted by Crippen LogP contribution is 2.29. The minimum atomic E-state index is -0.280. The molecule has 0 aliphatic rings. The van der Waals surface area contributed by atoms with Crippen LogP contribution < -0.4 is 0 Å². The van der Waals surface area contributed by atoms with Gasteiger partial charge in [-0.05, 0) is 28.5 Å². The average molecular weight is 222 g/mol. The molecule has 0 aromatic heterocycles. The molecule has 1 unspecified atom stereocenters. The van der Waals surface area contributed by atoms with Crippen molar-refractivity contribution < 1.29 is 4.39 Å². The van der Waals surface area contributed by atoms with E-state index in [2.05, 4.69) is 45.9 Å². The number of hydrogen-bond donors (Lipinski definition) is 0. The summed E-state index contributed by atoms with van der Waals surface area (Å²) in [6.07, 6.45) is 1.01. The minimum absolute atomic E-state index is 0.0133. The second kappa shape index (κ2) is 4.99. The topological polar surface area (TPSA) is 0 Å². The quantitative estimate of drug-likeness (QED) is 0.700. The van der Waals surface area contributed by atoms with E-state index in [1.807, 2.05) is 6.92 Å². The first kappa shape index (κ1) is 13.2. The summed E-state index contributed by atoms with van der Waals surface area (Å²) in [5, 5.41) is 0. The number of halogens is 1. The Morgan fingerprint density at radius 1 is 1.25 bits per heavy atom. The van der Waals surface area contributed by atoms with E-state index in [0.717, 1.165) is 12.0 Å². The molecule has 0 saturated heterocycles. The van der Waals surface area contributed by atoms with Gasteiger partial charge < -0.3 is 0 Å². The average Bonchev–Trinajstić information content (AvgIpc) is 2.25. The molecule has 0 fully saturated rings. The van der Waals surface area contributed by atoms with Crippen molar-refractivity contribution in [1.82, 2.24) is 0 Å². The molecule has 0 saturated carbocycles. The Morgan fingerprint density at radius 2 is 1.88 bits per heavy atom. The fraction of sp³-hybridized carbons (Fsp3) is 0.600. The Kier molecular flexibility index (Phi) is 4.12. The summed E-state index contributed by atoms with van der Waals surface area (Å²) in [6.45, 7) is 10.5. The SMILES string of the molecule is CCc1cc(C(C)CF)ccc1C(C)(C)C. The van der Waals surface area contributed by atoms with Gasteiger partial charge in [0.05, 0.1) is 6.67 Å². The van der Waals surface area contributed by atoms with Crippen molar-refractivity contribution in [2.45, 2.75) is 52.4 Å². The molecule has 0 aliphatic carbocycles. The molecule has 1 atom stereocenters. The van der Waals surface area contributed by atoms with E-state index in [1.165, 1.54) is 11.1 Å². The van der Waals surface area contributed by atoms with Gasteiger partial charge in [-0.25, -0.2) is 0 Å². The van der Waals surface area contributed by atoms with Crippen LogP contribution in [-0.2, 0) is 11.8 Å². The lowest BCUT2D eigenvalue weighted by Gasteiger charge is -2.24.